The number of hydrogen-bond acceptors (Lipinski definition) is 1. The average Bonchev–Trinajstić information content (AvgIpc) is 2.26. The number of rotatable bonds is 4. The molecule has 0 aliphatic rings. The van der Waals surface area contributed by atoms with Crippen LogP contribution in [0.1, 0.15) is 36.3 Å². The molecule has 0 fully saturated rings. The molecular formula is C13H12F6O. The second-order valence-electron chi connectivity index (χ2n) is 4.49. The maximum atomic E-state index is 12.5. The van der Waals surface area contributed by atoms with Crippen LogP contribution in [0.15, 0.2) is 24.3 Å². The summed E-state index contributed by atoms with van der Waals surface area (Å²) in [4.78, 5) is 10.3. The molecule has 0 saturated carbocycles. The molecule has 0 amide bonds. The zero-order valence-electron chi connectivity index (χ0n) is 10.4. The van der Waals surface area contributed by atoms with Gasteiger partial charge in [0.25, 0.3) is 0 Å². The van der Waals surface area contributed by atoms with E-state index in [2.05, 4.69) is 0 Å². The predicted octanol–water partition coefficient (Wildman–Crippen LogP) is 4.59. The molecule has 0 aromatic heterocycles. The fraction of sp³-hybridized carbons (Fsp3) is 0.462. The summed E-state index contributed by atoms with van der Waals surface area (Å²) < 4.78 is 75.1. The Labute approximate surface area is 111 Å². The van der Waals surface area contributed by atoms with E-state index in [0.29, 0.717) is 11.8 Å². The molecule has 1 aromatic rings. The van der Waals surface area contributed by atoms with Gasteiger partial charge in [0.1, 0.15) is 6.29 Å². The van der Waals surface area contributed by atoms with E-state index >= 15 is 0 Å². The number of aldehydes is 1. The lowest BCUT2D eigenvalue weighted by atomic mass is 9.92. The topological polar surface area (TPSA) is 17.1 Å². The van der Waals surface area contributed by atoms with Gasteiger partial charge in [-0.05, 0) is 17.0 Å². The van der Waals surface area contributed by atoms with E-state index in [1.807, 2.05) is 0 Å². The van der Waals surface area contributed by atoms with E-state index in [4.69, 9.17) is 0 Å². The van der Waals surface area contributed by atoms with E-state index in [0.717, 1.165) is 12.1 Å². The van der Waals surface area contributed by atoms with E-state index in [1.165, 1.54) is 12.1 Å². The molecule has 20 heavy (non-hydrogen) atoms. The van der Waals surface area contributed by atoms with E-state index < -0.39 is 23.8 Å². The lowest BCUT2D eigenvalue weighted by molar-refractivity contribution is -0.253. The molecule has 1 nitrogen and oxygen atoms in total. The lowest BCUT2D eigenvalue weighted by Gasteiger charge is -2.23. The number of halogens is 6. The van der Waals surface area contributed by atoms with Gasteiger partial charge in [0, 0.05) is 6.42 Å². The van der Waals surface area contributed by atoms with Crippen molar-refractivity contribution in [3.63, 3.8) is 0 Å². The highest BCUT2D eigenvalue weighted by atomic mass is 19.4. The summed E-state index contributed by atoms with van der Waals surface area (Å²) in [6, 6.07) is 3.99. The first-order chi connectivity index (χ1) is 9.07. The SMILES string of the molecule is CC(CC=O)c1ccc(C(C(F)(F)F)C(F)(F)F)cc1. The molecular weight excluding hydrogens is 286 g/mol. The normalized spacial score (nSPS) is 14.4. The Kier molecular flexibility index (Phi) is 4.83. The maximum absolute atomic E-state index is 12.5. The zero-order chi connectivity index (χ0) is 15.6. The van der Waals surface area contributed by atoms with Crippen LogP contribution in [0.5, 0.6) is 0 Å². The Morgan fingerprint density at radius 1 is 0.950 bits per heavy atom. The molecule has 0 saturated heterocycles. The molecule has 0 heterocycles. The largest absolute Gasteiger partial charge is 0.404 e. The Bertz CT molecular complexity index is 431. The van der Waals surface area contributed by atoms with Gasteiger partial charge in [-0.1, -0.05) is 31.2 Å². The van der Waals surface area contributed by atoms with Crippen molar-refractivity contribution in [2.45, 2.75) is 37.5 Å². The van der Waals surface area contributed by atoms with Crippen molar-refractivity contribution in [2.75, 3.05) is 0 Å². The van der Waals surface area contributed by atoms with Gasteiger partial charge in [-0.2, -0.15) is 26.3 Å². The van der Waals surface area contributed by atoms with Crippen LogP contribution in [0, 0.1) is 0 Å². The monoisotopic (exact) mass is 298 g/mol. The third-order valence-corrected chi connectivity index (χ3v) is 2.94. The van der Waals surface area contributed by atoms with Crippen LogP contribution in [0.3, 0.4) is 0 Å². The molecule has 7 heteroatoms. The standard InChI is InChI=1S/C13H12F6O/c1-8(6-7-20)9-2-4-10(5-3-9)11(12(14,15)16)13(17,18)19/h2-5,7-8,11H,6H2,1H3. The van der Waals surface area contributed by atoms with Crippen LogP contribution in [-0.2, 0) is 4.79 Å². The fourth-order valence-electron chi connectivity index (χ4n) is 1.86. The van der Waals surface area contributed by atoms with Gasteiger partial charge < -0.3 is 4.79 Å². The molecule has 0 spiro atoms. The van der Waals surface area contributed by atoms with Gasteiger partial charge >= 0.3 is 12.4 Å². The molecule has 0 bridgehead atoms. The first-order valence-electron chi connectivity index (χ1n) is 5.74. The Hall–Kier alpha value is -1.53. The highest BCUT2D eigenvalue weighted by Gasteiger charge is 2.57. The summed E-state index contributed by atoms with van der Waals surface area (Å²) in [7, 11) is 0. The maximum Gasteiger partial charge on any atom is 0.404 e. The summed E-state index contributed by atoms with van der Waals surface area (Å²) in [6.45, 7) is 1.66. The van der Waals surface area contributed by atoms with Gasteiger partial charge in [0.15, 0.2) is 5.92 Å². The number of carbonyl (C=O) groups is 1. The second kappa shape index (κ2) is 5.85. The average molecular weight is 298 g/mol. The number of carbonyl (C=O) groups excluding carboxylic acids is 1. The van der Waals surface area contributed by atoms with Gasteiger partial charge in [-0.3, -0.25) is 0 Å². The quantitative estimate of drug-likeness (QED) is 0.587. The Morgan fingerprint density at radius 3 is 1.70 bits per heavy atom. The summed E-state index contributed by atoms with van der Waals surface area (Å²) in [5, 5.41) is 0. The van der Waals surface area contributed by atoms with Crippen LogP contribution in [-0.4, -0.2) is 18.6 Å². The molecule has 1 rings (SSSR count). The molecule has 0 radical (unpaired) electrons. The third-order valence-electron chi connectivity index (χ3n) is 2.94. The first-order valence-corrected chi connectivity index (χ1v) is 5.74. The van der Waals surface area contributed by atoms with Gasteiger partial charge in [0.05, 0.1) is 0 Å². The molecule has 1 unspecified atom stereocenters. The van der Waals surface area contributed by atoms with Crippen molar-refractivity contribution in [2.24, 2.45) is 0 Å². The van der Waals surface area contributed by atoms with Crippen molar-refractivity contribution in [1.29, 1.82) is 0 Å². The molecule has 112 valence electrons. The van der Waals surface area contributed by atoms with Crippen molar-refractivity contribution >= 4 is 6.29 Å². The van der Waals surface area contributed by atoms with Crippen molar-refractivity contribution in [3.05, 3.63) is 35.4 Å². The van der Waals surface area contributed by atoms with Crippen LogP contribution in [0.4, 0.5) is 26.3 Å². The Balaban J connectivity index is 3.09. The van der Waals surface area contributed by atoms with Crippen LogP contribution in [0.25, 0.3) is 0 Å². The van der Waals surface area contributed by atoms with Crippen molar-refractivity contribution in [1.82, 2.24) is 0 Å². The minimum atomic E-state index is -5.39. The van der Waals surface area contributed by atoms with Crippen LogP contribution < -0.4 is 0 Å². The smallest absolute Gasteiger partial charge is 0.303 e. The third kappa shape index (κ3) is 3.98. The molecule has 1 aromatic carbocycles. The van der Waals surface area contributed by atoms with Gasteiger partial charge in [-0.25, -0.2) is 0 Å². The fourth-order valence-corrected chi connectivity index (χ4v) is 1.86. The second-order valence-corrected chi connectivity index (χ2v) is 4.49. The molecule has 1 atom stereocenters. The number of alkyl halides is 6. The predicted molar refractivity (Wildman–Crippen MR) is 60.4 cm³/mol. The Morgan fingerprint density at radius 2 is 1.35 bits per heavy atom. The van der Waals surface area contributed by atoms with Crippen molar-refractivity contribution < 1.29 is 31.1 Å². The first kappa shape index (κ1) is 16.5. The lowest BCUT2D eigenvalue weighted by Crippen LogP contribution is -2.34. The van der Waals surface area contributed by atoms with Gasteiger partial charge in [-0.15, -0.1) is 0 Å². The van der Waals surface area contributed by atoms with Crippen LogP contribution in [0.2, 0.25) is 0 Å². The van der Waals surface area contributed by atoms with Gasteiger partial charge in [0.2, 0.25) is 0 Å². The van der Waals surface area contributed by atoms with E-state index in [1.54, 1.807) is 6.92 Å². The highest BCUT2D eigenvalue weighted by molar-refractivity contribution is 5.51. The summed E-state index contributed by atoms with van der Waals surface area (Å²) in [6.07, 6.45) is -9.99. The summed E-state index contributed by atoms with van der Waals surface area (Å²) >= 11 is 0. The van der Waals surface area contributed by atoms with Crippen molar-refractivity contribution in [3.8, 4) is 0 Å². The zero-order valence-corrected chi connectivity index (χ0v) is 10.4. The number of benzene rings is 1. The van der Waals surface area contributed by atoms with Crippen LogP contribution >= 0.6 is 0 Å². The molecule has 0 aliphatic carbocycles. The highest BCUT2D eigenvalue weighted by Crippen LogP contribution is 2.46. The minimum Gasteiger partial charge on any atom is -0.303 e. The summed E-state index contributed by atoms with van der Waals surface area (Å²) in [5.74, 6) is -3.75. The minimum absolute atomic E-state index is 0.154. The summed E-state index contributed by atoms with van der Waals surface area (Å²) in [5.41, 5.74) is -0.337. The number of hydrogen-bond donors (Lipinski definition) is 0. The van der Waals surface area contributed by atoms with E-state index in [-0.39, 0.29) is 12.3 Å². The molecule has 0 N–H and O–H groups in total. The molecule has 0 aliphatic heterocycles. The van der Waals surface area contributed by atoms with E-state index in [9.17, 15) is 31.1 Å².